The Kier molecular flexibility index (Phi) is 6.82. The van der Waals surface area contributed by atoms with Crippen molar-refractivity contribution in [3.63, 3.8) is 0 Å². The lowest BCUT2D eigenvalue weighted by atomic mass is 10.9. The third-order valence-electron chi connectivity index (χ3n) is 0.845. The molecule has 4 nitrogen and oxygen atoms in total. The summed E-state index contributed by atoms with van der Waals surface area (Å²) in [5.41, 5.74) is 0. The number of hydrogen-bond acceptors (Lipinski definition) is 4. The summed E-state index contributed by atoms with van der Waals surface area (Å²) in [5.74, 6) is 0. The van der Waals surface area contributed by atoms with E-state index in [0.717, 1.165) is 6.26 Å². The van der Waals surface area contributed by atoms with Crippen LogP contribution < -0.4 is 0 Å². The van der Waals surface area contributed by atoms with Gasteiger partial charge >= 0.3 is 7.82 Å². The van der Waals surface area contributed by atoms with Crippen molar-refractivity contribution in [2.45, 2.75) is 13.8 Å². The van der Waals surface area contributed by atoms with Gasteiger partial charge in [-0.15, -0.1) is 0 Å². The van der Waals surface area contributed by atoms with Crippen molar-refractivity contribution in [3.05, 3.63) is 10.8 Å². The van der Waals surface area contributed by atoms with Crippen molar-refractivity contribution >= 4 is 31.0 Å². The second-order valence-electron chi connectivity index (χ2n) is 1.80. The minimum Gasteiger partial charge on any atom is -0.409 e. The first-order chi connectivity index (χ1) is 6.04. The lowest BCUT2D eigenvalue weighted by Crippen LogP contribution is -1.96. The van der Waals surface area contributed by atoms with E-state index in [1.807, 2.05) is 0 Å². The third-order valence-corrected chi connectivity index (χ3v) is 2.54. The summed E-state index contributed by atoms with van der Waals surface area (Å²) in [6, 6.07) is 0. The summed E-state index contributed by atoms with van der Waals surface area (Å²) in [7, 11) is -3.52. The molecule has 0 aromatic rings. The van der Waals surface area contributed by atoms with Gasteiger partial charge in [0, 0.05) is 0 Å². The van der Waals surface area contributed by atoms with Crippen LogP contribution in [-0.2, 0) is 18.1 Å². The Bertz CT molecular complexity index is 205. The highest BCUT2D eigenvalue weighted by Crippen LogP contribution is 2.49. The van der Waals surface area contributed by atoms with Gasteiger partial charge in [0.05, 0.1) is 13.2 Å². The predicted molar refractivity (Wildman–Crippen MR) is 51.7 cm³/mol. The molecular formula is C6H11Cl2O4P. The number of rotatable bonds is 6. The summed E-state index contributed by atoms with van der Waals surface area (Å²) in [6.07, 6.45) is 0.912. The number of halogens is 2. The first-order valence-electron chi connectivity index (χ1n) is 3.62. The Labute approximate surface area is 87.4 Å². The molecule has 13 heavy (non-hydrogen) atoms. The predicted octanol–water partition coefficient (Wildman–Crippen LogP) is 3.46. The van der Waals surface area contributed by atoms with Gasteiger partial charge in [0.15, 0.2) is 0 Å². The molecule has 0 unspecified atom stereocenters. The molecule has 0 radical (unpaired) electrons. The Morgan fingerprint density at radius 3 is 2.08 bits per heavy atom. The van der Waals surface area contributed by atoms with E-state index >= 15 is 0 Å². The molecule has 7 heteroatoms. The van der Waals surface area contributed by atoms with Crippen LogP contribution in [0.5, 0.6) is 0 Å². The Morgan fingerprint density at radius 1 is 1.31 bits per heavy atom. The second-order valence-corrected chi connectivity index (χ2v) is 4.43. The Morgan fingerprint density at radius 2 is 1.77 bits per heavy atom. The van der Waals surface area contributed by atoms with Crippen molar-refractivity contribution in [2.75, 3.05) is 13.2 Å². The molecule has 0 aromatic heterocycles. The molecule has 0 saturated heterocycles. The summed E-state index contributed by atoms with van der Waals surface area (Å²) >= 11 is 10.5. The molecule has 78 valence electrons. The van der Waals surface area contributed by atoms with Gasteiger partial charge in [0.1, 0.15) is 10.8 Å². The van der Waals surface area contributed by atoms with Gasteiger partial charge in [-0.05, 0) is 13.8 Å². The van der Waals surface area contributed by atoms with Gasteiger partial charge in [0.2, 0.25) is 0 Å². The van der Waals surface area contributed by atoms with Crippen molar-refractivity contribution in [1.29, 1.82) is 0 Å². The van der Waals surface area contributed by atoms with Crippen molar-refractivity contribution < 1.29 is 18.1 Å². The van der Waals surface area contributed by atoms with Crippen molar-refractivity contribution in [3.8, 4) is 0 Å². The average molecular weight is 249 g/mol. The summed E-state index contributed by atoms with van der Waals surface area (Å²) < 4.78 is 25.5. The van der Waals surface area contributed by atoms with E-state index in [-0.39, 0.29) is 17.7 Å². The van der Waals surface area contributed by atoms with Crippen LogP contribution in [-0.4, -0.2) is 13.2 Å². The largest absolute Gasteiger partial charge is 0.529 e. The Hall–Kier alpha value is 0.270. The van der Waals surface area contributed by atoms with E-state index in [2.05, 4.69) is 4.52 Å². The maximum Gasteiger partial charge on any atom is 0.529 e. The molecule has 0 fully saturated rings. The highest BCUT2D eigenvalue weighted by molar-refractivity contribution is 7.48. The van der Waals surface area contributed by atoms with Crippen LogP contribution in [0.3, 0.4) is 0 Å². The van der Waals surface area contributed by atoms with E-state index < -0.39 is 7.82 Å². The first kappa shape index (κ1) is 13.3. The topological polar surface area (TPSA) is 44.8 Å². The van der Waals surface area contributed by atoms with E-state index in [1.54, 1.807) is 13.8 Å². The highest BCUT2D eigenvalue weighted by Gasteiger charge is 2.25. The molecule has 0 amide bonds. The summed E-state index contributed by atoms with van der Waals surface area (Å²) in [6.45, 7) is 3.76. The smallest absolute Gasteiger partial charge is 0.409 e. The van der Waals surface area contributed by atoms with E-state index in [0.29, 0.717) is 0 Å². The zero-order valence-corrected chi connectivity index (χ0v) is 9.73. The monoisotopic (exact) mass is 248 g/mol. The number of phosphoric ester groups is 1. The molecule has 0 aliphatic carbocycles. The quantitative estimate of drug-likeness (QED) is 0.534. The minimum absolute atomic E-state index is 0.153. The lowest BCUT2D eigenvalue weighted by molar-refractivity contribution is 0.153. The SMILES string of the molecule is CCOP(=O)(OC=C(Cl)Cl)OCC. The van der Waals surface area contributed by atoms with Crippen molar-refractivity contribution in [2.24, 2.45) is 0 Å². The van der Waals surface area contributed by atoms with E-state index in [1.165, 1.54) is 0 Å². The lowest BCUT2D eigenvalue weighted by Gasteiger charge is -2.13. The Balaban J connectivity index is 4.24. The van der Waals surface area contributed by atoms with Crippen LogP contribution in [0.4, 0.5) is 0 Å². The van der Waals surface area contributed by atoms with Crippen LogP contribution in [0.15, 0.2) is 10.8 Å². The maximum atomic E-state index is 11.5. The van der Waals surface area contributed by atoms with Crippen LogP contribution in [0.2, 0.25) is 0 Å². The van der Waals surface area contributed by atoms with Crippen LogP contribution in [0, 0.1) is 0 Å². The van der Waals surface area contributed by atoms with Gasteiger partial charge in [-0.3, -0.25) is 9.05 Å². The third kappa shape index (κ3) is 6.36. The zero-order chi connectivity index (χ0) is 10.3. The summed E-state index contributed by atoms with van der Waals surface area (Å²) in [4.78, 5) is 0. The molecule has 0 atom stereocenters. The average Bonchev–Trinajstić information content (AvgIpc) is 2.02. The number of phosphoric acid groups is 1. The standard InChI is InChI=1S/C6H11Cl2O4P/c1-3-10-13(9,11-4-2)12-5-6(7)8/h5H,3-4H2,1-2H3. The minimum atomic E-state index is -3.52. The van der Waals surface area contributed by atoms with Crippen molar-refractivity contribution in [1.82, 2.24) is 0 Å². The molecular weight excluding hydrogens is 238 g/mol. The normalized spacial score (nSPS) is 11.1. The molecule has 0 aliphatic rings. The molecule has 0 saturated carbocycles. The molecule has 0 bridgehead atoms. The molecule has 0 spiro atoms. The first-order valence-corrected chi connectivity index (χ1v) is 5.84. The van der Waals surface area contributed by atoms with Gasteiger partial charge in [-0.1, -0.05) is 23.2 Å². The summed E-state index contributed by atoms with van der Waals surface area (Å²) in [5, 5.41) is 0. The fourth-order valence-corrected chi connectivity index (χ4v) is 1.80. The molecule has 0 rings (SSSR count). The van der Waals surface area contributed by atoms with Crippen LogP contribution >= 0.6 is 31.0 Å². The maximum absolute atomic E-state index is 11.5. The van der Waals surface area contributed by atoms with Gasteiger partial charge < -0.3 is 4.52 Å². The number of hydrogen-bond donors (Lipinski definition) is 0. The molecule has 0 aromatic carbocycles. The van der Waals surface area contributed by atoms with E-state index in [9.17, 15) is 4.57 Å². The van der Waals surface area contributed by atoms with Gasteiger partial charge in [-0.2, -0.15) is 0 Å². The van der Waals surface area contributed by atoms with Crippen LogP contribution in [0.1, 0.15) is 13.8 Å². The second kappa shape index (κ2) is 6.68. The molecule has 0 heterocycles. The molecule has 0 aliphatic heterocycles. The molecule has 0 N–H and O–H groups in total. The van der Waals surface area contributed by atoms with Gasteiger partial charge in [0.25, 0.3) is 0 Å². The fourth-order valence-electron chi connectivity index (χ4n) is 0.519. The van der Waals surface area contributed by atoms with Gasteiger partial charge in [-0.25, -0.2) is 4.57 Å². The zero-order valence-electron chi connectivity index (χ0n) is 7.33. The fraction of sp³-hybridized carbons (Fsp3) is 0.667. The van der Waals surface area contributed by atoms with Crippen LogP contribution in [0.25, 0.3) is 0 Å². The highest BCUT2D eigenvalue weighted by atomic mass is 35.5. The van der Waals surface area contributed by atoms with E-state index in [4.69, 9.17) is 32.2 Å².